The van der Waals surface area contributed by atoms with Crippen LogP contribution >= 0.6 is 0 Å². The molecular formula is C26H33NO6. The summed E-state index contributed by atoms with van der Waals surface area (Å²) in [7, 11) is 0. The van der Waals surface area contributed by atoms with Gasteiger partial charge in [-0.2, -0.15) is 0 Å². The van der Waals surface area contributed by atoms with Gasteiger partial charge in [-0.3, -0.25) is 9.69 Å². The van der Waals surface area contributed by atoms with Crippen LogP contribution in [0.25, 0.3) is 0 Å². The molecule has 2 fully saturated rings. The Kier molecular flexibility index (Phi) is 5.73. The van der Waals surface area contributed by atoms with Crippen molar-refractivity contribution in [2.75, 3.05) is 26.3 Å². The zero-order valence-electron chi connectivity index (χ0n) is 19.3. The highest BCUT2D eigenvalue weighted by atomic mass is 16.5. The molecule has 1 aromatic carbocycles. The molecule has 5 rings (SSSR count). The quantitative estimate of drug-likeness (QED) is 0.428. The zero-order chi connectivity index (χ0) is 23.2. The van der Waals surface area contributed by atoms with E-state index >= 15 is 0 Å². The SMILES string of the molecule is C=CCN1CC[C@]23c4c5ccc(OCCCCC)c4O[C@H]2C(=O)CCC3(OCC(=O)O)[C@H]1C5. The normalized spacial score (nSPS) is 31.6. The van der Waals surface area contributed by atoms with Gasteiger partial charge in [0.15, 0.2) is 23.4 Å². The standard InChI is InChI=1S/C26H33NO6/c1-3-5-6-14-31-19-8-7-17-15-20-26(32-16-21(29)30)10-9-18(28)24-25(26,22(17)23(19)33-24)11-13-27(20)12-4-2/h4,7-8,20,24H,2-3,5-6,9-16H2,1H3,(H,29,30)/t20-,24+,25+,26?/m1/s1. The van der Waals surface area contributed by atoms with E-state index in [2.05, 4.69) is 24.5 Å². The van der Waals surface area contributed by atoms with Crippen LogP contribution in [0.1, 0.15) is 56.6 Å². The number of hydrogen-bond acceptors (Lipinski definition) is 6. The molecule has 4 atom stereocenters. The Hall–Kier alpha value is -2.38. The first-order valence-corrected chi connectivity index (χ1v) is 12.2. The summed E-state index contributed by atoms with van der Waals surface area (Å²) in [5.74, 6) is 0.422. The fourth-order valence-electron chi connectivity index (χ4n) is 6.89. The van der Waals surface area contributed by atoms with Gasteiger partial charge in [-0.1, -0.05) is 31.9 Å². The number of aliphatic carboxylic acids is 1. The predicted molar refractivity (Wildman–Crippen MR) is 122 cm³/mol. The molecule has 178 valence electrons. The second-order valence-corrected chi connectivity index (χ2v) is 9.74. The molecule has 7 nitrogen and oxygen atoms in total. The van der Waals surface area contributed by atoms with Gasteiger partial charge in [-0.25, -0.2) is 4.79 Å². The minimum atomic E-state index is -1.000. The van der Waals surface area contributed by atoms with Crippen molar-refractivity contribution in [2.45, 2.75) is 75.0 Å². The summed E-state index contributed by atoms with van der Waals surface area (Å²) in [6.07, 6.45) is 6.60. The Bertz CT molecular complexity index is 976. The highest BCUT2D eigenvalue weighted by Gasteiger charge is 2.74. The number of carbonyl (C=O) groups is 2. The molecule has 1 unspecified atom stereocenters. The largest absolute Gasteiger partial charge is 0.490 e. The van der Waals surface area contributed by atoms with Crippen LogP contribution in [0.2, 0.25) is 0 Å². The molecule has 1 aromatic rings. The summed E-state index contributed by atoms with van der Waals surface area (Å²) >= 11 is 0. The maximum atomic E-state index is 13.3. The summed E-state index contributed by atoms with van der Waals surface area (Å²) in [5, 5.41) is 9.50. The van der Waals surface area contributed by atoms with E-state index < -0.39 is 23.1 Å². The third kappa shape index (κ3) is 3.16. The number of ketones is 1. The number of ether oxygens (including phenoxy) is 3. The molecule has 1 spiro atoms. The van der Waals surface area contributed by atoms with Crippen molar-refractivity contribution >= 4 is 11.8 Å². The van der Waals surface area contributed by atoms with E-state index in [0.717, 1.165) is 43.4 Å². The topological polar surface area (TPSA) is 85.3 Å². The van der Waals surface area contributed by atoms with Crippen LogP contribution in [0.5, 0.6) is 11.5 Å². The number of nitrogens with zero attached hydrogens (tertiary/aromatic N) is 1. The number of benzene rings is 1. The van der Waals surface area contributed by atoms with E-state index in [1.807, 2.05) is 12.1 Å². The van der Waals surface area contributed by atoms with Gasteiger partial charge in [0.1, 0.15) is 6.61 Å². The highest BCUT2D eigenvalue weighted by molar-refractivity contribution is 5.90. The lowest BCUT2D eigenvalue weighted by Crippen LogP contribution is -2.77. The Balaban J connectivity index is 1.64. The number of hydrogen-bond donors (Lipinski definition) is 1. The number of Topliss-reactive ketones (excluding diaryl/α,β-unsaturated/α-hetero) is 1. The van der Waals surface area contributed by atoms with E-state index in [1.165, 1.54) is 0 Å². The van der Waals surface area contributed by atoms with Crippen molar-refractivity contribution in [1.29, 1.82) is 0 Å². The lowest BCUT2D eigenvalue weighted by molar-refractivity contribution is -0.215. The fourth-order valence-corrected chi connectivity index (χ4v) is 6.89. The molecule has 0 radical (unpaired) electrons. The van der Waals surface area contributed by atoms with E-state index in [1.54, 1.807) is 0 Å². The Morgan fingerprint density at radius 1 is 1.36 bits per heavy atom. The number of piperidine rings is 1. The molecule has 33 heavy (non-hydrogen) atoms. The second-order valence-electron chi connectivity index (χ2n) is 9.74. The van der Waals surface area contributed by atoms with Crippen LogP contribution < -0.4 is 9.47 Å². The molecule has 2 aliphatic heterocycles. The van der Waals surface area contributed by atoms with E-state index in [9.17, 15) is 14.7 Å². The Labute approximate surface area is 194 Å². The lowest BCUT2D eigenvalue weighted by atomic mass is 9.48. The monoisotopic (exact) mass is 455 g/mol. The van der Waals surface area contributed by atoms with E-state index in [4.69, 9.17) is 14.2 Å². The molecule has 1 saturated carbocycles. The maximum absolute atomic E-state index is 13.3. The summed E-state index contributed by atoms with van der Waals surface area (Å²) in [4.78, 5) is 27.2. The molecule has 4 aliphatic rings. The van der Waals surface area contributed by atoms with Gasteiger partial charge in [-0.05, 0) is 37.3 Å². The maximum Gasteiger partial charge on any atom is 0.329 e. The number of carboxylic acid groups (broad SMARTS) is 1. The number of carbonyl (C=O) groups excluding carboxylic acids is 1. The van der Waals surface area contributed by atoms with Crippen molar-refractivity contribution in [1.82, 2.24) is 4.90 Å². The Morgan fingerprint density at radius 3 is 2.97 bits per heavy atom. The first kappa shape index (κ1) is 22.4. The van der Waals surface area contributed by atoms with Crippen LogP contribution in [0, 0.1) is 0 Å². The predicted octanol–water partition coefficient (Wildman–Crippen LogP) is 3.27. The molecule has 2 aliphatic carbocycles. The highest BCUT2D eigenvalue weighted by Crippen LogP contribution is 2.66. The van der Waals surface area contributed by atoms with Gasteiger partial charge in [0.05, 0.1) is 17.6 Å². The fraction of sp³-hybridized carbons (Fsp3) is 0.615. The van der Waals surface area contributed by atoms with Crippen molar-refractivity contribution in [3.63, 3.8) is 0 Å². The molecule has 0 amide bonds. The third-order valence-electron chi connectivity index (χ3n) is 8.14. The van der Waals surface area contributed by atoms with E-state index in [-0.39, 0.29) is 18.4 Å². The second kappa shape index (κ2) is 8.44. The summed E-state index contributed by atoms with van der Waals surface area (Å²) in [6, 6.07) is 4.03. The van der Waals surface area contributed by atoms with Crippen LogP contribution in [-0.4, -0.2) is 65.8 Å². The number of rotatable bonds is 10. The minimum Gasteiger partial charge on any atom is -0.490 e. The van der Waals surface area contributed by atoms with Crippen LogP contribution in [0.4, 0.5) is 0 Å². The summed E-state index contributed by atoms with van der Waals surface area (Å²) in [6.45, 7) is 7.76. The van der Waals surface area contributed by atoms with Gasteiger partial charge in [0, 0.05) is 31.1 Å². The van der Waals surface area contributed by atoms with Gasteiger partial charge in [0.25, 0.3) is 0 Å². The smallest absolute Gasteiger partial charge is 0.329 e. The zero-order valence-corrected chi connectivity index (χ0v) is 19.3. The average molecular weight is 456 g/mol. The number of unbranched alkanes of at least 4 members (excludes halogenated alkanes) is 2. The van der Waals surface area contributed by atoms with E-state index in [0.29, 0.717) is 43.9 Å². The first-order chi connectivity index (χ1) is 16.0. The summed E-state index contributed by atoms with van der Waals surface area (Å²) in [5.41, 5.74) is 0.681. The number of carboxylic acids is 1. The van der Waals surface area contributed by atoms with Gasteiger partial charge in [0.2, 0.25) is 0 Å². The molecule has 1 saturated heterocycles. The molecule has 2 heterocycles. The first-order valence-electron chi connectivity index (χ1n) is 12.2. The van der Waals surface area contributed by atoms with Crippen molar-refractivity contribution in [3.05, 3.63) is 35.9 Å². The van der Waals surface area contributed by atoms with Crippen molar-refractivity contribution < 1.29 is 28.9 Å². The van der Waals surface area contributed by atoms with Gasteiger partial charge in [-0.15, -0.1) is 6.58 Å². The molecule has 0 aromatic heterocycles. The lowest BCUT2D eigenvalue weighted by Gasteiger charge is -2.64. The van der Waals surface area contributed by atoms with Crippen LogP contribution in [0.15, 0.2) is 24.8 Å². The third-order valence-corrected chi connectivity index (χ3v) is 8.14. The molecule has 2 bridgehead atoms. The molecular weight excluding hydrogens is 422 g/mol. The van der Waals surface area contributed by atoms with Crippen LogP contribution in [-0.2, 0) is 26.2 Å². The molecule has 7 heteroatoms. The average Bonchev–Trinajstić information content (AvgIpc) is 3.15. The van der Waals surface area contributed by atoms with Crippen molar-refractivity contribution in [2.24, 2.45) is 0 Å². The summed E-state index contributed by atoms with van der Waals surface area (Å²) < 4.78 is 19.0. The Morgan fingerprint density at radius 2 is 2.21 bits per heavy atom. The number of likely N-dealkylation sites (tertiary alicyclic amines) is 1. The molecule has 1 N–H and O–H groups in total. The van der Waals surface area contributed by atoms with Gasteiger partial charge >= 0.3 is 5.97 Å². The van der Waals surface area contributed by atoms with Crippen LogP contribution in [0.3, 0.4) is 0 Å². The van der Waals surface area contributed by atoms with Gasteiger partial charge < -0.3 is 19.3 Å². The van der Waals surface area contributed by atoms with Crippen molar-refractivity contribution in [3.8, 4) is 11.5 Å². The minimum absolute atomic E-state index is 0.0439.